The first-order chi connectivity index (χ1) is 14.4. The van der Waals surface area contributed by atoms with Crippen LogP contribution in [0.5, 0.6) is 5.75 Å². The minimum atomic E-state index is -4.18. The van der Waals surface area contributed by atoms with E-state index in [0.29, 0.717) is 12.2 Å². The first-order valence-electron chi connectivity index (χ1n) is 11.9. The highest BCUT2D eigenvalue weighted by Crippen LogP contribution is 2.46. The fourth-order valence-corrected chi connectivity index (χ4v) is 6.16. The monoisotopic (exact) mass is 516 g/mol. The molecule has 0 fully saturated rings. The van der Waals surface area contributed by atoms with E-state index in [1.165, 1.54) is 0 Å². The summed E-state index contributed by atoms with van der Waals surface area (Å²) in [5.74, 6) is 0.766. The fourth-order valence-electron chi connectivity index (χ4n) is 3.43. The van der Waals surface area contributed by atoms with Crippen molar-refractivity contribution in [2.24, 2.45) is 0 Å². The van der Waals surface area contributed by atoms with Crippen LogP contribution in [0.3, 0.4) is 0 Å². The summed E-state index contributed by atoms with van der Waals surface area (Å²) >= 11 is 0. The van der Waals surface area contributed by atoms with Crippen molar-refractivity contribution < 1.29 is 23.2 Å². The van der Waals surface area contributed by atoms with E-state index in [9.17, 15) is 14.4 Å². The van der Waals surface area contributed by atoms with Crippen molar-refractivity contribution in [2.75, 3.05) is 6.61 Å². The van der Waals surface area contributed by atoms with Crippen LogP contribution in [0.1, 0.15) is 78.5 Å². The molecule has 0 spiro atoms. The van der Waals surface area contributed by atoms with E-state index in [0.717, 1.165) is 23.3 Å². The van der Waals surface area contributed by atoms with Gasteiger partial charge < -0.3 is 18.6 Å². The summed E-state index contributed by atoms with van der Waals surface area (Å²) in [5, 5.41) is 0.168. The highest BCUT2D eigenvalue weighted by molar-refractivity contribution is 7.50. The van der Waals surface area contributed by atoms with Gasteiger partial charge in [-0.2, -0.15) is 0 Å². The highest BCUT2D eigenvalue weighted by Gasteiger charge is 2.41. The topological polar surface area (TPSA) is 76.0 Å². The molecule has 1 aromatic rings. The Hall–Kier alpha value is -0.436. The molecule has 0 saturated heterocycles. The van der Waals surface area contributed by atoms with Crippen LogP contribution in [0.25, 0.3) is 0 Å². The van der Waals surface area contributed by atoms with E-state index in [2.05, 4.69) is 81.6 Å². The number of benzene rings is 1. The van der Waals surface area contributed by atoms with Gasteiger partial charge in [0.05, 0.1) is 6.16 Å². The Kier molecular flexibility index (Phi) is 9.18. The SMILES string of the molecule is Cc1cc(CP(=O)(O)O)cc(O[Si](C)(C)C(C)(C)C)c1C(C)(C)CCO[Si](C)(C)C(C)(C)C. The van der Waals surface area contributed by atoms with Crippen LogP contribution >= 0.6 is 7.60 Å². The molecule has 0 aromatic heterocycles. The third kappa shape index (κ3) is 8.33. The molecule has 0 saturated carbocycles. The lowest BCUT2D eigenvalue weighted by Crippen LogP contribution is -2.44. The number of aryl methyl sites for hydroxylation is 1. The van der Waals surface area contributed by atoms with Gasteiger partial charge in [0.2, 0.25) is 8.32 Å². The summed E-state index contributed by atoms with van der Waals surface area (Å²) < 4.78 is 25.0. The van der Waals surface area contributed by atoms with Crippen LogP contribution in [-0.2, 0) is 20.6 Å². The average molecular weight is 517 g/mol. The van der Waals surface area contributed by atoms with Crippen molar-refractivity contribution in [3.8, 4) is 5.75 Å². The number of hydrogen-bond donors (Lipinski definition) is 2. The molecule has 0 aliphatic carbocycles. The van der Waals surface area contributed by atoms with Crippen molar-refractivity contribution in [2.45, 2.75) is 117 Å². The second-order valence-electron chi connectivity index (χ2n) is 13.2. The molecule has 1 rings (SSSR count). The molecule has 1 aromatic carbocycles. The third-order valence-corrected chi connectivity index (χ3v) is 17.2. The predicted octanol–water partition coefficient (Wildman–Crippen LogP) is 7.75. The van der Waals surface area contributed by atoms with Crippen molar-refractivity contribution in [1.82, 2.24) is 0 Å². The molecule has 33 heavy (non-hydrogen) atoms. The molecule has 2 N–H and O–H groups in total. The Morgan fingerprint density at radius 3 is 1.79 bits per heavy atom. The third-order valence-electron chi connectivity index (χ3n) is 7.59. The van der Waals surface area contributed by atoms with Gasteiger partial charge in [-0.25, -0.2) is 0 Å². The molecule has 0 heterocycles. The van der Waals surface area contributed by atoms with E-state index in [-0.39, 0.29) is 21.7 Å². The summed E-state index contributed by atoms with van der Waals surface area (Å²) in [4.78, 5) is 19.1. The maximum Gasteiger partial charge on any atom is 0.329 e. The van der Waals surface area contributed by atoms with Gasteiger partial charge in [0.15, 0.2) is 8.32 Å². The summed E-state index contributed by atoms with van der Waals surface area (Å²) in [6.07, 6.45) is 0.558. The van der Waals surface area contributed by atoms with Crippen molar-refractivity contribution in [3.05, 3.63) is 28.8 Å². The normalized spacial score (nSPS) is 14.5. The lowest BCUT2D eigenvalue weighted by molar-refractivity contribution is 0.249. The lowest BCUT2D eigenvalue weighted by Gasteiger charge is -2.40. The molecular formula is C25H49O5PSi2. The largest absolute Gasteiger partial charge is 0.543 e. The van der Waals surface area contributed by atoms with Gasteiger partial charge in [-0.15, -0.1) is 0 Å². The van der Waals surface area contributed by atoms with Gasteiger partial charge in [0.1, 0.15) is 5.75 Å². The van der Waals surface area contributed by atoms with Crippen LogP contribution in [0, 0.1) is 6.92 Å². The molecule has 0 atom stereocenters. The molecule has 0 amide bonds. The second kappa shape index (κ2) is 9.90. The summed E-state index contributed by atoms with van der Waals surface area (Å²) in [6, 6.07) is 3.77. The van der Waals surface area contributed by atoms with Gasteiger partial charge in [-0.3, -0.25) is 4.57 Å². The zero-order valence-electron chi connectivity index (χ0n) is 23.3. The maximum atomic E-state index is 11.7. The van der Waals surface area contributed by atoms with Gasteiger partial charge in [0, 0.05) is 12.2 Å². The Bertz CT molecular complexity index is 874. The molecular weight excluding hydrogens is 467 g/mol. The Morgan fingerprint density at radius 2 is 1.36 bits per heavy atom. The van der Waals surface area contributed by atoms with Gasteiger partial charge in [0.25, 0.3) is 0 Å². The summed E-state index contributed by atoms with van der Waals surface area (Å²) in [6.45, 7) is 29.4. The Balaban J connectivity index is 3.43. The zero-order valence-corrected chi connectivity index (χ0v) is 26.2. The van der Waals surface area contributed by atoms with Crippen molar-refractivity contribution in [1.29, 1.82) is 0 Å². The van der Waals surface area contributed by atoms with E-state index < -0.39 is 24.2 Å². The van der Waals surface area contributed by atoms with Crippen LogP contribution in [-0.4, -0.2) is 33.0 Å². The lowest BCUT2D eigenvalue weighted by atomic mass is 9.78. The van der Waals surface area contributed by atoms with E-state index in [4.69, 9.17) is 8.85 Å². The standard InChI is InChI=1S/C25H49O5PSi2/c1-19-16-20(18-31(26,27)28)17-21(30-33(12,13)24(5,6)7)22(19)25(8,9)14-15-29-32(10,11)23(2,3)4/h16-17H,14-15,18H2,1-13H3,(H2,26,27,28). The zero-order chi connectivity index (χ0) is 26.3. The number of rotatable bonds is 9. The summed E-state index contributed by atoms with van der Waals surface area (Å²) in [7, 11) is -8.19. The molecule has 0 radical (unpaired) electrons. The Morgan fingerprint density at radius 1 is 0.879 bits per heavy atom. The Labute approximate surface area is 205 Å². The van der Waals surface area contributed by atoms with E-state index in [1.54, 1.807) is 0 Å². The molecule has 0 aliphatic heterocycles. The highest BCUT2D eigenvalue weighted by atomic mass is 31.2. The van der Waals surface area contributed by atoms with Crippen LogP contribution in [0.2, 0.25) is 36.3 Å². The maximum absolute atomic E-state index is 11.7. The van der Waals surface area contributed by atoms with Gasteiger partial charge >= 0.3 is 7.60 Å². The van der Waals surface area contributed by atoms with Crippen molar-refractivity contribution >= 4 is 24.2 Å². The minimum absolute atomic E-state index is 0.00696. The van der Waals surface area contributed by atoms with E-state index in [1.807, 2.05) is 19.1 Å². The fraction of sp³-hybridized carbons (Fsp3) is 0.760. The van der Waals surface area contributed by atoms with Gasteiger partial charge in [-0.1, -0.05) is 61.5 Å². The first kappa shape index (κ1) is 30.6. The smallest absolute Gasteiger partial charge is 0.329 e. The molecule has 0 aliphatic rings. The van der Waals surface area contributed by atoms with Gasteiger partial charge in [-0.05, 0) is 72.2 Å². The average Bonchev–Trinajstić information content (AvgIpc) is 2.48. The predicted molar refractivity (Wildman–Crippen MR) is 146 cm³/mol. The first-order valence-corrected chi connectivity index (χ1v) is 19.5. The van der Waals surface area contributed by atoms with E-state index >= 15 is 0 Å². The summed E-state index contributed by atoms with van der Waals surface area (Å²) in [5.41, 5.74) is 2.52. The van der Waals surface area contributed by atoms with Crippen molar-refractivity contribution in [3.63, 3.8) is 0 Å². The quantitative estimate of drug-likeness (QED) is 0.259. The molecule has 8 heteroatoms. The second-order valence-corrected chi connectivity index (χ2v) is 24.4. The van der Waals surface area contributed by atoms with Crippen LogP contribution in [0.15, 0.2) is 12.1 Å². The van der Waals surface area contributed by atoms with Crippen LogP contribution < -0.4 is 4.43 Å². The molecule has 192 valence electrons. The molecule has 0 unspecified atom stereocenters. The minimum Gasteiger partial charge on any atom is -0.543 e. The molecule has 5 nitrogen and oxygen atoms in total. The number of hydrogen-bond acceptors (Lipinski definition) is 3. The van der Waals surface area contributed by atoms with Crippen LogP contribution in [0.4, 0.5) is 0 Å². The molecule has 0 bridgehead atoms.